The molecule has 108 valence electrons. The van der Waals surface area contributed by atoms with Crippen molar-refractivity contribution in [3.05, 3.63) is 11.8 Å². The monoisotopic (exact) mass is 291 g/mol. The number of nitrogens with one attached hydrogen (secondary N) is 1. The van der Waals surface area contributed by atoms with Crippen molar-refractivity contribution in [2.24, 2.45) is 0 Å². The maximum Gasteiger partial charge on any atom is 0.340 e. The van der Waals surface area contributed by atoms with Crippen molar-refractivity contribution < 1.29 is 23.1 Å². The summed E-state index contributed by atoms with van der Waals surface area (Å²) in [6.07, 6.45) is 0.976. The fourth-order valence-corrected chi connectivity index (χ4v) is 3.48. The molecule has 0 amide bonds. The van der Waals surface area contributed by atoms with Crippen molar-refractivity contribution >= 4 is 16.0 Å². The van der Waals surface area contributed by atoms with Gasteiger partial charge in [-0.25, -0.2) is 13.2 Å². The van der Waals surface area contributed by atoms with Crippen LogP contribution in [0.1, 0.15) is 24.2 Å². The summed E-state index contributed by atoms with van der Waals surface area (Å²) in [5.74, 6) is -1.34. The van der Waals surface area contributed by atoms with E-state index in [1.54, 1.807) is 13.8 Å². The number of rotatable bonds is 7. The molecule has 0 spiro atoms. The fraction of sp³-hybridized carbons (Fsp3) is 0.600. The highest BCUT2D eigenvalue weighted by atomic mass is 32.2. The number of aromatic nitrogens is 2. The largest absolute Gasteiger partial charge is 0.478 e. The van der Waals surface area contributed by atoms with E-state index in [-0.39, 0.29) is 18.7 Å². The lowest BCUT2D eigenvalue weighted by molar-refractivity contribution is 0.0692. The van der Waals surface area contributed by atoms with Crippen molar-refractivity contribution in [2.45, 2.75) is 24.9 Å². The number of nitrogens with zero attached hydrogens (tertiary/aromatic N) is 2. The SMILES string of the molecule is CCN(C(C)COC)S(=O)(=O)c1[nH]ncc1C(=O)O. The number of sulfonamides is 1. The van der Waals surface area contributed by atoms with Gasteiger partial charge in [-0.15, -0.1) is 0 Å². The van der Waals surface area contributed by atoms with Crippen molar-refractivity contribution in [3.63, 3.8) is 0 Å². The molecule has 0 fully saturated rings. The van der Waals surface area contributed by atoms with E-state index in [2.05, 4.69) is 10.2 Å². The number of methoxy groups -OCH3 is 1. The van der Waals surface area contributed by atoms with Crippen LogP contribution in [0.3, 0.4) is 0 Å². The summed E-state index contributed by atoms with van der Waals surface area (Å²) in [6, 6.07) is -0.412. The quantitative estimate of drug-likeness (QED) is 0.739. The Balaban J connectivity index is 3.21. The Morgan fingerprint density at radius 3 is 2.74 bits per heavy atom. The maximum atomic E-state index is 12.4. The molecule has 9 heteroatoms. The van der Waals surface area contributed by atoms with Gasteiger partial charge in [0.25, 0.3) is 10.0 Å². The van der Waals surface area contributed by atoms with Crippen LogP contribution in [0.25, 0.3) is 0 Å². The van der Waals surface area contributed by atoms with Crippen LogP contribution in [0.2, 0.25) is 0 Å². The van der Waals surface area contributed by atoms with E-state index in [1.165, 1.54) is 7.11 Å². The van der Waals surface area contributed by atoms with Gasteiger partial charge in [0.05, 0.1) is 12.8 Å². The summed E-state index contributed by atoms with van der Waals surface area (Å²) in [7, 11) is -2.48. The Morgan fingerprint density at radius 2 is 2.26 bits per heavy atom. The van der Waals surface area contributed by atoms with Crippen LogP contribution >= 0.6 is 0 Å². The standard InChI is InChI=1S/C10H17N3O5S/c1-4-13(7(2)6-18-3)19(16,17)9-8(10(14)15)5-11-12-9/h5,7H,4,6H2,1-3H3,(H,11,12)(H,14,15). The van der Waals surface area contributed by atoms with Crippen LogP contribution in [0.15, 0.2) is 11.2 Å². The lowest BCUT2D eigenvalue weighted by Crippen LogP contribution is -2.41. The minimum atomic E-state index is -3.95. The highest BCUT2D eigenvalue weighted by molar-refractivity contribution is 7.89. The molecular weight excluding hydrogens is 274 g/mol. The number of ether oxygens (including phenoxy) is 1. The van der Waals surface area contributed by atoms with Gasteiger partial charge in [0.15, 0.2) is 5.03 Å². The molecule has 0 aliphatic rings. The molecule has 1 atom stereocenters. The van der Waals surface area contributed by atoms with E-state index in [4.69, 9.17) is 9.84 Å². The molecule has 1 unspecified atom stereocenters. The van der Waals surface area contributed by atoms with E-state index < -0.39 is 27.1 Å². The molecule has 0 aliphatic heterocycles. The number of carbonyl (C=O) groups is 1. The first kappa shape index (κ1) is 15.6. The lowest BCUT2D eigenvalue weighted by Gasteiger charge is -2.26. The third kappa shape index (κ3) is 3.11. The Bertz CT molecular complexity index is 539. The van der Waals surface area contributed by atoms with Gasteiger partial charge in [0, 0.05) is 19.7 Å². The van der Waals surface area contributed by atoms with E-state index in [0.717, 1.165) is 10.5 Å². The minimum absolute atomic E-state index is 0.199. The average Bonchev–Trinajstić information content (AvgIpc) is 2.79. The second-order valence-corrected chi connectivity index (χ2v) is 5.76. The van der Waals surface area contributed by atoms with Crippen LogP contribution in [0, 0.1) is 0 Å². The summed E-state index contributed by atoms with van der Waals surface area (Å²) in [5.41, 5.74) is -0.372. The molecule has 8 nitrogen and oxygen atoms in total. The van der Waals surface area contributed by atoms with Crippen LogP contribution < -0.4 is 0 Å². The third-order valence-electron chi connectivity index (χ3n) is 2.61. The molecule has 19 heavy (non-hydrogen) atoms. The normalized spacial score (nSPS) is 13.7. The van der Waals surface area contributed by atoms with Crippen molar-refractivity contribution in [2.75, 3.05) is 20.3 Å². The summed E-state index contributed by atoms with van der Waals surface area (Å²) in [5, 5.41) is 14.3. The second kappa shape index (κ2) is 6.13. The van der Waals surface area contributed by atoms with Crippen molar-refractivity contribution in [1.29, 1.82) is 0 Å². The Morgan fingerprint density at radius 1 is 1.63 bits per heavy atom. The topological polar surface area (TPSA) is 113 Å². The number of carboxylic acids is 1. The second-order valence-electron chi connectivity index (χ2n) is 3.93. The Labute approximate surface area is 111 Å². The smallest absolute Gasteiger partial charge is 0.340 e. The van der Waals surface area contributed by atoms with E-state index in [9.17, 15) is 13.2 Å². The summed E-state index contributed by atoms with van der Waals surface area (Å²) >= 11 is 0. The molecule has 0 bridgehead atoms. The first-order valence-electron chi connectivity index (χ1n) is 5.63. The number of carboxylic acid groups (broad SMARTS) is 1. The zero-order valence-electron chi connectivity index (χ0n) is 11.0. The van der Waals surface area contributed by atoms with Crippen LogP contribution in [0.4, 0.5) is 0 Å². The Kier molecular flexibility index (Phi) is 5.04. The predicted molar refractivity (Wildman–Crippen MR) is 66.5 cm³/mol. The maximum absolute atomic E-state index is 12.4. The summed E-state index contributed by atoms with van der Waals surface area (Å²) < 4.78 is 30.9. The van der Waals surface area contributed by atoms with Crippen molar-refractivity contribution in [1.82, 2.24) is 14.5 Å². The lowest BCUT2D eigenvalue weighted by atomic mass is 10.4. The number of aromatic carboxylic acids is 1. The number of H-pyrrole nitrogens is 1. The molecule has 0 radical (unpaired) electrons. The molecule has 0 aliphatic carbocycles. The summed E-state index contributed by atoms with van der Waals surface area (Å²) in [4.78, 5) is 11.0. The van der Waals surface area contributed by atoms with E-state index in [1.807, 2.05) is 0 Å². The van der Waals surface area contributed by atoms with Gasteiger partial charge < -0.3 is 9.84 Å². The number of likely N-dealkylation sites (N-methyl/N-ethyl adjacent to an activating group) is 1. The van der Waals surface area contributed by atoms with Gasteiger partial charge in [-0.05, 0) is 6.92 Å². The molecule has 0 aromatic carbocycles. The van der Waals surface area contributed by atoms with Gasteiger partial charge in [-0.3, -0.25) is 5.10 Å². The van der Waals surface area contributed by atoms with Crippen LogP contribution in [-0.4, -0.2) is 60.3 Å². The minimum Gasteiger partial charge on any atom is -0.478 e. The zero-order valence-corrected chi connectivity index (χ0v) is 11.8. The summed E-state index contributed by atoms with van der Waals surface area (Å²) in [6.45, 7) is 3.76. The molecule has 1 aromatic heterocycles. The van der Waals surface area contributed by atoms with E-state index in [0.29, 0.717) is 0 Å². The molecule has 1 heterocycles. The van der Waals surface area contributed by atoms with Gasteiger partial charge in [-0.2, -0.15) is 9.40 Å². The first-order chi connectivity index (χ1) is 8.86. The van der Waals surface area contributed by atoms with Crippen molar-refractivity contribution in [3.8, 4) is 0 Å². The van der Waals surface area contributed by atoms with E-state index >= 15 is 0 Å². The van der Waals surface area contributed by atoms with Crippen LogP contribution in [0.5, 0.6) is 0 Å². The fourth-order valence-electron chi connectivity index (χ4n) is 1.78. The first-order valence-corrected chi connectivity index (χ1v) is 7.07. The highest BCUT2D eigenvalue weighted by Gasteiger charge is 2.33. The molecule has 2 N–H and O–H groups in total. The molecule has 1 rings (SSSR count). The van der Waals surface area contributed by atoms with Crippen LogP contribution in [-0.2, 0) is 14.8 Å². The number of hydrogen-bond donors (Lipinski definition) is 2. The van der Waals surface area contributed by atoms with Gasteiger partial charge in [0.1, 0.15) is 5.56 Å². The molecule has 0 saturated heterocycles. The predicted octanol–water partition coefficient (Wildman–Crippen LogP) is 0.153. The number of aromatic amines is 1. The van der Waals surface area contributed by atoms with Gasteiger partial charge in [0.2, 0.25) is 0 Å². The molecule has 1 aromatic rings. The number of hydrogen-bond acceptors (Lipinski definition) is 5. The average molecular weight is 291 g/mol. The highest BCUT2D eigenvalue weighted by Crippen LogP contribution is 2.19. The zero-order chi connectivity index (χ0) is 14.6. The molecular formula is C10H17N3O5S. The molecule has 0 saturated carbocycles. The van der Waals surface area contributed by atoms with Gasteiger partial charge >= 0.3 is 5.97 Å². The Hall–Kier alpha value is -1.45. The third-order valence-corrected chi connectivity index (χ3v) is 4.68. The van der Waals surface area contributed by atoms with Gasteiger partial charge in [-0.1, -0.05) is 6.92 Å².